The van der Waals surface area contributed by atoms with Crippen LogP contribution in [0.3, 0.4) is 0 Å². The van der Waals surface area contributed by atoms with Gasteiger partial charge in [-0.3, -0.25) is 20.4 Å². The van der Waals surface area contributed by atoms with Gasteiger partial charge in [-0.2, -0.15) is 0 Å². The van der Waals surface area contributed by atoms with Crippen molar-refractivity contribution in [3.05, 3.63) is 36.0 Å². The van der Waals surface area contributed by atoms with E-state index in [9.17, 15) is 9.59 Å². The molecule has 1 heterocycles. The molecule has 0 spiro atoms. The van der Waals surface area contributed by atoms with Crippen LogP contribution in [0.25, 0.3) is 10.9 Å². The Morgan fingerprint density at radius 1 is 1.21 bits per heavy atom. The van der Waals surface area contributed by atoms with Gasteiger partial charge in [0.25, 0.3) is 5.78 Å². The summed E-state index contributed by atoms with van der Waals surface area (Å²) in [5.41, 5.74) is 5.77. The molecule has 0 aliphatic rings. The van der Waals surface area contributed by atoms with Gasteiger partial charge in [-0.05, 0) is 18.3 Å². The normalized spacial score (nSPS) is 9.95. The molecule has 0 aliphatic carbocycles. The number of Topliss-reactive ketones (excluding diaryl/α,β-unsaturated/α-hetero) is 1. The molecule has 0 atom stereocenters. The van der Waals surface area contributed by atoms with E-state index in [0.29, 0.717) is 10.9 Å². The van der Waals surface area contributed by atoms with Gasteiger partial charge in [0.15, 0.2) is 5.11 Å². The lowest BCUT2D eigenvalue weighted by Crippen LogP contribution is -2.48. The van der Waals surface area contributed by atoms with E-state index in [1.165, 1.54) is 6.20 Å². The molecule has 7 heteroatoms. The van der Waals surface area contributed by atoms with E-state index in [4.69, 9.17) is 12.2 Å². The van der Waals surface area contributed by atoms with Crippen LogP contribution in [0.1, 0.15) is 10.4 Å². The molecule has 98 valence electrons. The third-order valence-corrected chi connectivity index (χ3v) is 2.86. The second kappa shape index (κ2) is 5.49. The Hall–Kier alpha value is -2.41. The largest absolute Gasteiger partial charge is 0.364 e. The second-order valence-corrected chi connectivity index (χ2v) is 4.14. The standard InChI is InChI=1S/C12H12N4O2S/c1-13-12(19)16-15-11(18)10(17)8-6-14-9-5-3-2-4-7(8)9/h2-6,14H,1H3,(H,15,18)(H2,13,16,19). The number of carbonyl (C=O) groups excluding carboxylic acids is 2. The fraction of sp³-hybridized carbons (Fsp3) is 0.0833. The number of H-pyrrole nitrogens is 1. The van der Waals surface area contributed by atoms with Crippen LogP contribution in [0, 0.1) is 0 Å². The Labute approximate surface area is 114 Å². The van der Waals surface area contributed by atoms with Gasteiger partial charge >= 0.3 is 5.91 Å². The van der Waals surface area contributed by atoms with Crippen LogP contribution in [0.15, 0.2) is 30.5 Å². The maximum Gasteiger partial charge on any atom is 0.310 e. The Kier molecular flexibility index (Phi) is 3.76. The molecule has 19 heavy (non-hydrogen) atoms. The molecule has 0 bridgehead atoms. The molecule has 0 aliphatic heterocycles. The highest BCUT2D eigenvalue weighted by atomic mass is 32.1. The Balaban J connectivity index is 2.15. The van der Waals surface area contributed by atoms with E-state index in [2.05, 4.69) is 21.2 Å². The zero-order valence-electron chi connectivity index (χ0n) is 10.1. The molecule has 6 nitrogen and oxygen atoms in total. The Morgan fingerprint density at radius 3 is 2.68 bits per heavy atom. The zero-order valence-corrected chi connectivity index (χ0v) is 10.9. The average Bonchev–Trinajstić information content (AvgIpc) is 2.87. The van der Waals surface area contributed by atoms with Crippen LogP contribution in [0.5, 0.6) is 0 Å². The summed E-state index contributed by atoms with van der Waals surface area (Å²) in [5, 5.41) is 3.54. The van der Waals surface area contributed by atoms with Gasteiger partial charge in [-0.25, -0.2) is 0 Å². The van der Waals surface area contributed by atoms with Crippen molar-refractivity contribution in [1.29, 1.82) is 0 Å². The number of aromatic nitrogens is 1. The first-order valence-corrected chi connectivity index (χ1v) is 5.93. The number of ketones is 1. The predicted molar refractivity (Wildman–Crippen MR) is 75.6 cm³/mol. The summed E-state index contributed by atoms with van der Waals surface area (Å²) in [6.07, 6.45) is 1.52. The van der Waals surface area contributed by atoms with Crippen molar-refractivity contribution in [2.24, 2.45) is 0 Å². The number of rotatable bonds is 2. The summed E-state index contributed by atoms with van der Waals surface area (Å²) in [7, 11) is 1.60. The zero-order chi connectivity index (χ0) is 13.8. The molecular formula is C12H12N4O2S. The molecule has 0 saturated heterocycles. The van der Waals surface area contributed by atoms with Crippen molar-refractivity contribution >= 4 is 39.9 Å². The monoisotopic (exact) mass is 276 g/mol. The lowest BCUT2D eigenvalue weighted by molar-refractivity contribution is -0.117. The summed E-state index contributed by atoms with van der Waals surface area (Å²) in [6, 6.07) is 7.26. The molecule has 0 unspecified atom stereocenters. The minimum absolute atomic E-state index is 0.222. The average molecular weight is 276 g/mol. The van der Waals surface area contributed by atoms with Crippen LogP contribution in [-0.4, -0.2) is 28.8 Å². The number of amides is 1. The fourth-order valence-electron chi connectivity index (χ4n) is 1.61. The summed E-state index contributed by atoms with van der Waals surface area (Å²) in [6.45, 7) is 0. The highest BCUT2D eigenvalue weighted by Crippen LogP contribution is 2.17. The summed E-state index contributed by atoms with van der Waals surface area (Å²) < 4.78 is 0. The number of para-hydroxylation sites is 1. The van der Waals surface area contributed by atoms with E-state index in [0.717, 1.165) is 5.52 Å². The third kappa shape index (κ3) is 2.71. The van der Waals surface area contributed by atoms with E-state index >= 15 is 0 Å². The van der Waals surface area contributed by atoms with Crippen LogP contribution in [0.4, 0.5) is 0 Å². The van der Waals surface area contributed by atoms with E-state index in [1.54, 1.807) is 19.2 Å². The first-order chi connectivity index (χ1) is 9.13. The summed E-state index contributed by atoms with van der Waals surface area (Å²) in [5.74, 6) is -1.41. The van der Waals surface area contributed by atoms with Crippen molar-refractivity contribution in [3.8, 4) is 0 Å². The van der Waals surface area contributed by atoms with Gasteiger partial charge in [-0.1, -0.05) is 18.2 Å². The molecule has 1 aromatic carbocycles. The van der Waals surface area contributed by atoms with Crippen molar-refractivity contribution in [1.82, 2.24) is 21.2 Å². The topological polar surface area (TPSA) is 86.0 Å². The van der Waals surface area contributed by atoms with Crippen molar-refractivity contribution in [2.45, 2.75) is 0 Å². The highest BCUT2D eigenvalue weighted by Gasteiger charge is 2.19. The summed E-state index contributed by atoms with van der Waals surface area (Å²) in [4.78, 5) is 26.6. The molecule has 0 radical (unpaired) electrons. The van der Waals surface area contributed by atoms with E-state index in [-0.39, 0.29) is 5.11 Å². The number of benzene rings is 1. The maximum atomic E-state index is 12.0. The number of carbonyl (C=O) groups is 2. The first kappa shape index (κ1) is 13.0. The molecule has 0 saturated carbocycles. The quantitative estimate of drug-likeness (QED) is 0.277. The predicted octanol–water partition coefficient (Wildman–Crippen LogP) is 0.476. The lowest BCUT2D eigenvalue weighted by Gasteiger charge is -2.07. The smallest absolute Gasteiger partial charge is 0.310 e. The van der Waals surface area contributed by atoms with Gasteiger partial charge in [0, 0.05) is 24.1 Å². The maximum absolute atomic E-state index is 12.0. The van der Waals surface area contributed by atoms with E-state index in [1.807, 2.05) is 12.1 Å². The Morgan fingerprint density at radius 2 is 1.95 bits per heavy atom. The number of aromatic amines is 1. The lowest BCUT2D eigenvalue weighted by atomic mass is 10.1. The number of fused-ring (bicyclic) bond motifs is 1. The first-order valence-electron chi connectivity index (χ1n) is 5.52. The molecule has 0 fully saturated rings. The molecule has 1 aromatic heterocycles. The summed E-state index contributed by atoms with van der Waals surface area (Å²) >= 11 is 4.78. The van der Waals surface area contributed by atoms with Gasteiger partial charge in [0.05, 0.1) is 5.56 Å². The number of hydrazine groups is 1. The molecule has 2 aromatic rings. The molecule has 1 amide bonds. The van der Waals surface area contributed by atoms with Gasteiger partial charge < -0.3 is 10.3 Å². The highest BCUT2D eigenvalue weighted by molar-refractivity contribution is 7.80. The number of nitrogens with one attached hydrogen (secondary N) is 4. The Bertz CT molecular complexity index is 650. The second-order valence-electron chi connectivity index (χ2n) is 3.74. The minimum atomic E-state index is -0.776. The van der Waals surface area contributed by atoms with Crippen LogP contribution >= 0.6 is 12.2 Å². The number of hydrogen-bond donors (Lipinski definition) is 4. The van der Waals surface area contributed by atoms with Gasteiger partial charge in [0.1, 0.15) is 0 Å². The van der Waals surface area contributed by atoms with Gasteiger partial charge in [0.2, 0.25) is 0 Å². The van der Waals surface area contributed by atoms with Crippen molar-refractivity contribution in [3.63, 3.8) is 0 Å². The van der Waals surface area contributed by atoms with Gasteiger partial charge in [-0.15, -0.1) is 0 Å². The van der Waals surface area contributed by atoms with Crippen LogP contribution < -0.4 is 16.2 Å². The molecular weight excluding hydrogens is 264 g/mol. The fourth-order valence-corrected chi connectivity index (χ4v) is 1.67. The van der Waals surface area contributed by atoms with Crippen molar-refractivity contribution < 1.29 is 9.59 Å². The van der Waals surface area contributed by atoms with Crippen molar-refractivity contribution in [2.75, 3.05) is 7.05 Å². The minimum Gasteiger partial charge on any atom is -0.364 e. The SMILES string of the molecule is CNC(=S)NNC(=O)C(=O)c1c[nH]c2ccccc12. The van der Waals surface area contributed by atoms with Crippen LogP contribution in [0.2, 0.25) is 0 Å². The molecule has 2 rings (SSSR count). The third-order valence-electron chi connectivity index (χ3n) is 2.56. The van der Waals surface area contributed by atoms with Crippen LogP contribution in [-0.2, 0) is 4.79 Å². The number of thiocarbonyl (C=S) groups is 1. The van der Waals surface area contributed by atoms with E-state index < -0.39 is 11.7 Å². The molecule has 4 N–H and O–H groups in total. The number of hydrogen-bond acceptors (Lipinski definition) is 3.